The molecular formula is C17H26N2O2. The predicted molar refractivity (Wildman–Crippen MR) is 84.4 cm³/mol. The van der Waals surface area contributed by atoms with Crippen LogP contribution in [0.25, 0.3) is 0 Å². The van der Waals surface area contributed by atoms with Gasteiger partial charge in [0.25, 0.3) is 0 Å². The fraction of sp³-hybridized carbons (Fsp3) is 0.588. The van der Waals surface area contributed by atoms with E-state index >= 15 is 0 Å². The highest BCUT2D eigenvalue weighted by molar-refractivity contribution is 5.79. The van der Waals surface area contributed by atoms with Gasteiger partial charge in [-0.05, 0) is 24.5 Å². The summed E-state index contributed by atoms with van der Waals surface area (Å²) in [4.78, 5) is 16.8. The molecule has 0 bridgehead atoms. The fourth-order valence-corrected chi connectivity index (χ4v) is 2.74. The van der Waals surface area contributed by atoms with Crippen molar-refractivity contribution in [3.63, 3.8) is 0 Å². The second kappa shape index (κ2) is 8.15. The Kier molecular flexibility index (Phi) is 6.21. The number of carbonyl (C=O) groups excluding carboxylic acids is 1. The molecule has 0 spiro atoms. The third kappa shape index (κ3) is 4.83. The summed E-state index contributed by atoms with van der Waals surface area (Å²) in [6.45, 7) is 7.58. The minimum Gasteiger partial charge on any atom is -0.385 e. The number of methoxy groups -OCH3 is 1. The van der Waals surface area contributed by atoms with Gasteiger partial charge in [0.05, 0.1) is 6.42 Å². The summed E-state index contributed by atoms with van der Waals surface area (Å²) in [5, 5.41) is 0. The summed E-state index contributed by atoms with van der Waals surface area (Å²) in [6.07, 6.45) is 1.59. The first-order chi connectivity index (χ1) is 10.2. The highest BCUT2D eigenvalue weighted by Crippen LogP contribution is 2.11. The van der Waals surface area contributed by atoms with E-state index in [1.54, 1.807) is 7.11 Å². The molecule has 1 fully saturated rings. The second-order valence-corrected chi connectivity index (χ2v) is 5.67. The van der Waals surface area contributed by atoms with Gasteiger partial charge in [-0.25, -0.2) is 0 Å². The van der Waals surface area contributed by atoms with Gasteiger partial charge in [-0.15, -0.1) is 0 Å². The number of ether oxygens (including phenoxy) is 1. The zero-order valence-corrected chi connectivity index (χ0v) is 13.2. The van der Waals surface area contributed by atoms with Crippen LogP contribution in [0.5, 0.6) is 0 Å². The van der Waals surface area contributed by atoms with Crippen LogP contribution in [0.15, 0.2) is 24.3 Å². The van der Waals surface area contributed by atoms with Gasteiger partial charge >= 0.3 is 0 Å². The first-order valence-electron chi connectivity index (χ1n) is 7.74. The number of benzene rings is 1. The van der Waals surface area contributed by atoms with Crippen LogP contribution in [0.1, 0.15) is 17.5 Å². The fourth-order valence-electron chi connectivity index (χ4n) is 2.74. The number of aryl methyl sites for hydroxylation is 1. The molecule has 1 amide bonds. The maximum Gasteiger partial charge on any atom is 0.227 e. The lowest BCUT2D eigenvalue weighted by atomic mass is 10.1. The van der Waals surface area contributed by atoms with E-state index in [2.05, 4.69) is 17.9 Å². The van der Waals surface area contributed by atoms with Gasteiger partial charge in [0, 0.05) is 46.4 Å². The van der Waals surface area contributed by atoms with Gasteiger partial charge in [-0.1, -0.05) is 24.3 Å². The van der Waals surface area contributed by atoms with Gasteiger partial charge in [-0.3, -0.25) is 9.69 Å². The number of rotatable bonds is 6. The van der Waals surface area contributed by atoms with Gasteiger partial charge in [-0.2, -0.15) is 0 Å². The zero-order valence-electron chi connectivity index (χ0n) is 13.2. The van der Waals surface area contributed by atoms with Crippen molar-refractivity contribution in [1.82, 2.24) is 9.80 Å². The molecule has 0 aromatic heterocycles. The lowest BCUT2D eigenvalue weighted by Gasteiger charge is -2.34. The van der Waals surface area contributed by atoms with E-state index in [0.717, 1.165) is 51.3 Å². The Balaban J connectivity index is 1.77. The van der Waals surface area contributed by atoms with E-state index in [4.69, 9.17) is 4.74 Å². The highest BCUT2D eigenvalue weighted by Gasteiger charge is 2.21. The second-order valence-electron chi connectivity index (χ2n) is 5.67. The molecule has 4 heteroatoms. The molecule has 1 saturated heterocycles. The Hall–Kier alpha value is -1.39. The average molecular weight is 290 g/mol. The first-order valence-corrected chi connectivity index (χ1v) is 7.74. The van der Waals surface area contributed by atoms with E-state index < -0.39 is 0 Å². The maximum atomic E-state index is 12.4. The molecule has 0 unspecified atom stereocenters. The van der Waals surface area contributed by atoms with Crippen molar-refractivity contribution in [2.24, 2.45) is 0 Å². The number of hydrogen-bond donors (Lipinski definition) is 0. The zero-order chi connectivity index (χ0) is 15.1. The van der Waals surface area contributed by atoms with Gasteiger partial charge in [0.1, 0.15) is 0 Å². The minimum atomic E-state index is 0.251. The predicted octanol–water partition coefficient (Wildman–Crippen LogP) is 1.72. The van der Waals surface area contributed by atoms with Crippen molar-refractivity contribution in [2.45, 2.75) is 19.8 Å². The van der Waals surface area contributed by atoms with Crippen LogP contribution in [0.4, 0.5) is 0 Å². The quantitative estimate of drug-likeness (QED) is 0.748. The molecule has 0 atom stereocenters. The van der Waals surface area contributed by atoms with Gasteiger partial charge in [0.15, 0.2) is 0 Å². The lowest BCUT2D eigenvalue weighted by molar-refractivity contribution is -0.132. The normalized spacial score (nSPS) is 16.2. The SMILES string of the molecule is COCCCN1CCN(C(=O)Cc2ccccc2C)CC1. The largest absolute Gasteiger partial charge is 0.385 e. The Morgan fingerprint density at radius 2 is 1.90 bits per heavy atom. The minimum absolute atomic E-state index is 0.251. The summed E-state index contributed by atoms with van der Waals surface area (Å²) in [6, 6.07) is 8.13. The molecule has 116 valence electrons. The van der Waals surface area contributed by atoms with Crippen molar-refractivity contribution in [3.8, 4) is 0 Å². The molecule has 1 aromatic rings. The highest BCUT2D eigenvalue weighted by atomic mass is 16.5. The molecule has 0 N–H and O–H groups in total. The van der Waals surface area contributed by atoms with Gasteiger partial charge in [0.2, 0.25) is 5.91 Å². The summed E-state index contributed by atoms with van der Waals surface area (Å²) in [5.41, 5.74) is 2.34. The third-order valence-corrected chi connectivity index (χ3v) is 4.15. The van der Waals surface area contributed by atoms with E-state index in [9.17, 15) is 4.79 Å². The number of piperazine rings is 1. The Bertz CT molecular complexity index is 454. The van der Waals surface area contributed by atoms with Crippen LogP contribution < -0.4 is 0 Å². The van der Waals surface area contributed by atoms with Crippen LogP contribution in [-0.2, 0) is 16.0 Å². The summed E-state index contributed by atoms with van der Waals surface area (Å²) >= 11 is 0. The van der Waals surface area contributed by atoms with E-state index in [0.29, 0.717) is 6.42 Å². The summed E-state index contributed by atoms with van der Waals surface area (Å²) in [7, 11) is 1.74. The van der Waals surface area contributed by atoms with Crippen LogP contribution >= 0.6 is 0 Å². The molecule has 0 aliphatic carbocycles. The Morgan fingerprint density at radius 1 is 1.19 bits per heavy atom. The van der Waals surface area contributed by atoms with Crippen molar-refractivity contribution in [2.75, 3.05) is 46.4 Å². The topological polar surface area (TPSA) is 32.8 Å². The molecule has 0 radical (unpaired) electrons. The molecular weight excluding hydrogens is 264 g/mol. The molecule has 1 aliphatic heterocycles. The third-order valence-electron chi connectivity index (χ3n) is 4.15. The van der Waals surface area contributed by atoms with Crippen molar-refractivity contribution in [1.29, 1.82) is 0 Å². The van der Waals surface area contributed by atoms with Crippen LogP contribution in [0.3, 0.4) is 0 Å². The monoisotopic (exact) mass is 290 g/mol. The number of hydrogen-bond acceptors (Lipinski definition) is 3. The molecule has 0 saturated carbocycles. The van der Waals surface area contributed by atoms with Crippen LogP contribution in [0, 0.1) is 6.92 Å². The molecule has 2 rings (SSSR count). The van der Waals surface area contributed by atoms with Crippen molar-refractivity contribution < 1.29 is 9.53 Å². The summed E-state index contributed by atoms with van der Waals surface area (Å²) < 4.78 is 5.08. The number of nitrogens with zero attached hydrogens (tertiary/aromatic N) is 2. The van der Waals surface area contributed by atoms with E-state index in [1.165, 1.54) is 5.56 Å². The smallest absolute Gasteiger partial charge is 0.227 e. The van der Waals surface area contributed by atoms with Gasteiger partial charge < -0.3 is 9.64 Å². The van der Waals surface area contributed by atoms with Crippen molar-refractivity contribution in [3.05, 3.63) is 35.4 Å². The van der Waals surface area contributed by atoms with Crippen LogP contribution in [0.2, 0.25) is 0 Å². The Labute approximate surface area is 127 Å². The molecule has 1 aromatic carbocycles. The average Bonchev–Trinajstić information content (AvgIpc) is 2.50. The van der Waals surface area contributed by atoms with E-state index in [-0.39, 0.29) is 5.91 Å². The lowest BCUT2D eigenvalue weighted by Crippen LogP contribution is -2.49. The molecule has 1 heterocycles. The molecule has 4 nitrogen and oxygen atoms in total. The summed E-state index contributed by atoms with van der Waals surface area (Å²) in [5.74, 6) is 0.251. The Morgan fingerprint density at radius 3 is 2.57 bits per heavy atom. The molecule has 21 heavy (non-hydrogen) atoms. The maximum absolute atomic E-state index is 12.4. The van der Waals surface area contributed by atoms with E-state index in [1.807, 2.05) is 23.1 Å². The number of amides is 1. The van der Waals surface area contributed by atoms with Crippen LogP contribution in [-0.4, -0.2) is 62.1 Å². The molecule has 1 aliphatic rings. The standard InChI is InChI=1S/C17H26N2O2/c1-15-6-3-4-7-16(15)14-17(20)19-11-9-18(10-12-19)8-5-13-21-2/h3-4,6-7H,5,8-14H2,1-2H3. The number of carbonyl (C=O) groups is 1. The first kappa shape index (κ1) is 16.0. The van der Waals surface area contributed by atoms with Crippen molar-refractivity contribution >= 4 is 5.91 Å².